The summed E-state index contributed by atoms with van der Waals surface area (Å²) in [6.07, 6.45) is -6.66. The van der Waals surface area contributed by atoms with E-state index >= 15 is 0 Å². The van der Waals surface area contributed by atoms with Gasteiger partial charge in [-0.1, -0.05) is 13.8 Å². The maximum absolute atomic E-state index is 10.0. The minimum absolute atomic E-state index is 0.0627. The third-order valence-corrected chi connectivity index (χ3v) is 4.04. The van der Waals surface area contributed by atoms with Crippen molar-refractivity contribution in [2.24, 2.45) is 0 Å². The first-order chi connectivity index (χ1) is 10.8. The quantitative estimate of drug-likeness (QED) is 0.528. The summed E-state index contributed by atoms with van der Waals surface area (Å²) in [5.41, 5.74) is 1.30. The maximum atomic E-state index is 10.0. The summed E-state index contributed by atoms with van der Waals surface area (Å²) < 4.78 is 11.0. The number of aryl methyl sites for hydroxylation is 1. The molecule has 1 fully saturated rings. The fraction of sp³-hybridized carbons (Fsp3) is 0.625. The van der Waals surface area contributed by atoms with Crippen molar-refractivity contribution in [1.29, 1.82) is 0 Å². The van der Waals surface area contributed by atoms with Crippen molar-refractivity contribution in [1.82, 2.24) is 0 Å². The molecule has 2 rings (SSSR count). The SMILES string of the molecule is Cc1cc(O)c(C(C)C)cc1O[C@@H]1O[C@H](CO)[C@@H](O)[C@H](O)[C@H]1O. The van der Waals surface area contributed by atoms with Crippen LogP contribution in [-0.2, 0) is 4.74 Å². The molecule has 0 bridgehead atoms. The normalized spacial score (nSPS) is 31.4. The van der Waals surface area contributed by atoms with Crippen LogP contribution in [0.15, 0.2) is 12.1 Å². The van der Waals surface area contributed by atoms with Gasteiger partial charge in [-0.2, -0.15) is 0 Å². The third-order valence-electron chi connectivity index (χ3n) is 4.04. The maximum Gasteiger partial charge on any atom is 0.229 e. The molecule has 5 atom stereocenters. The molecule has 1 aromatic rings. The van der Waals surface area contributed by atoms with Gasteiger partial charge in [0.2, 0.25) is 6.29 Å². The van der Waals surface area contributed by atoms with Gasteiger partial charge in [0, 0.05) is 5.56 Å². The molecule has 130 valence electrons. The van der Waals surface area contributed by atoms with Crippen LogP contribution in [0.4, 0.5) is 0 Å². The number of hydrogen-bond donors (Lipinski definition) is 5. The second-order valence-corrected chi connectivity index (χ2v) is 6.15. The van der Waals surface area contributed by atoms with Crippen molar-refractivity contribution < 1.29 is 35.0 Å². The molecule has 1 aromatic carbocycles. The second kappa shape index (κ2) is 7.02. The molecule has 1 heterocycles. The molecule has 0 aromatic heterocycles. The van der Waals surface area contributed by atoms with Gasteiger partial charge >= 0.3 is 0 Å². The Morgan fingerprint density at radius 2 is 1.78 bits per heavy atom. The zero-order valence-corrected chi connectivity index (χ0v) is 13.4. The van der Waals surface area contributed by atoms with Crippen molar-refractivity contribution in [2.45, 2.75) is 57.4 Å². The lowest BCUT2D eigenvalue weighted by Gasteiger charge is -2.39. The molecule has 1 aliphatic heterocycles. The van der Waals surface area contributed by atoms with E-state index in [0.717, 1.165) is 0 Å². The van der Waals surface area contributed by atoms with Crippen LogP contribution >= 0.6 is 0 Å². The molecule has 0 aliphatic carbocycles. The first-order valence-corrected chi connectivity index (χ1v) is 7.57. The van der Waals surface area contributed by atoms with Crippen LogP contribution in [0.2, 0.25) is 0 Å². The van der Waals surface area contributed by atoms with Gasteiger partial charge < -0.3 is 35.0 Å². The molecule has 0 saturated carbocycles. The van der Waals surface area contributed by atoms with Gasteiger partial charge in [0.15, 0.2) is 0 Å². The third kappa shape index (κ3) is 3.59. The summed E-state index contributed by atoms with van der Waals surface area (Å²) in [4.78, 5) is 0. The summed E-state index contributed by atoms with van der Waals surface area (Å²) in [7, 11) is 0. The van der Waals surface area contributed by atoms with Crippen LogP contribution in [0.5, 0.6) is 11.5 Å². The summed E-state index contributed by atoms with van der Waals surface area (Å²) in [5.74, 6) is 0.599. The Labute approximate surface area is 134 Å². The topological polar surface area (TPSA) is 120 Å². The van der Waals surface area contributed by atoms with Gasteiger partial charge in [-0.15, -0.1) is 0 Å². The van der Waals surface area contributed by atoms with Crippen molar-refractivity contribution >= 4 is 0 Å². The number of hydrogen-bond acceptors (Lipinski definition) is 7. The van der Waals surface area contributed by atoms with Crippen molar-refractivity contribution in [2.75, 3.05) is 6.61 Å². The van der Waals surface area contributed by atoms with Crippen LogP contribution in [0, 0.1) is 6.92 Å². The van der Waals surface area contributed by atoms with E-state index < -0.39 is 37.3 Å². The van der Waals surface area contributed by atoms with Gasteiger partial charge in [0.25, 0.3) is 0 Å². The number of aliphatic hydroxyl groups excluding tert-OH is 4. The monoisotopic (exact) mass is 328 g/mol. The molecule has 0 spiro atoms. The van der Waals surface area contributed by atoms with E-state index in [1.165, 1.54) is 0 Å². The highest BCUT2D eigenvalue weighted by Gasteiger charge is 2.44. The number of phenolic OH excluding ortho intramolecular Hbond substituents is 1. The molecule has 5 N–H and O–H groups in total. The van der Waals surface area contributed by atoms with Crippen molar-refractivity contribution in [3.8, 4) is 11.5 Å². The Kier molecular flexibility index (Phi) is 5.49. The largest absolute Gasteiger partial charge is 0.508 e. The highest BCUT2D eigenvalue weighted by Crippen LogP contribution is 2.34. The highest BCUT2D eigenvalue weighted by molar-refractivity contribution is 5.46. The molecule has 1 aliphatic rings. The minimum Gasteiger partial charge on any atom is -0.508 e. The Morgan fingerprint density at radius 3 is 2.35 bits per heavy atom. The zero-order valence-electron chi connectivity index (χ0n) is 13.4. The van der Waals surface area contributed by atoms with E-state index in [0.29, 0.717) is 16.9 Å². The second-order valence-electron chi connectivity index (χ2n) is 6.15. The van der Waals surface area contributed by atoms with Crippen molar-refractivity contribution in [3.63, 3.8) is 0 Å². The summed E-state index contributed by atoms with van der Waals surface area (Å²) in [5, 5.41) is 48.7. The predicted molar refractivity (Wildman–Crippen MR) is 81.3 cm³/mol. The predicted octanol–water partition coefficient (Wildman–Crippen LogP) is 0.00272. The number of aromatic hydroxyl groups is 1. The van der Waals surface area contributed by atoms with E-state index in [2.05, 4.69) is 0 Å². The van der Waals surface area contributed by atoms with Gasteiger partial charge in [-0.25, -0.2) is 0 Å². The summed E-state index contributed by atoms with van der Waals surface area (Å²) in [6.45, 7) is 5.05. The molecular weight excluding hydrogens is 304 g/mol. The molecule has 1 saturated heterocycles. The fourth-order valence-corrected chi connectivity index (χ4v) is 2.57. The Balaban J connectivity index is 2.25. The molecule has 0 amide bonds. The van der Waals surface area contributed by atoms with Gasteiger partial charge in [-0.3, -0.25) is 0 Å². The number of phenols is 1. The molecule has 0 unspecified atom stereocenters. The molecule has 0 radical (unpaired) electrons. The van der Waals surface area contributed by atoms with Crippen LogP contribution < -0.4 is 4.74 Å². The van der Waals surface area contributed by atoms with E-state index in [4.69, 9.17) is 9.47 Å². The first-order valence-electron chi connectivity index (χ1n) is 7.57. The lowest BCUT2D eigenvalue weighted by atomic mass is 9.98. The molecular formula is C16H24O7. The summed E-state index contributed by atoms with van der Waals surface area (Å²) >= 11 is 0. The van der Waals surface area contributed by atoms with Crippen LogP contribution in [0.1, 0.15) is 30.9 Å². The van der Waals surface area contributed by atoms with E-state index in [9.17, 15) is 25.5 Å². The highest BCUT2D eigenvalue weighted by atomic mass is 16.7. The lowest BCUT2D eigenvalue weighted by Crippen LogP contribution is -2.60. The standard InChI is InChI=1S/C16H24O7/c1-7(2)9-5-11(8(3)4-10(9)18)22-16-15(21)14(20)13(19)12(6-17)23-16/h4-5,7,12-21H,6H2,1-3H3/t12-,13-,14+,15-,16-/m1/s1. The van der Waals surface area contributed by atoms with E-state index in [1.807, 2.05) is 13.8 Å². The van der Waals surface area contributed by atoms with E-state index in [1.54, 1.807) is 19.1 Å². The minimum atomic E-state index is -1.49. The van der Waals surface area contributed by atoms with Crippen LogP contribution in [0.25, 0.3) is 0 Å². The van der Waals surface area contributed by atoms with Gasteiger partial charge in [-0.05, 0) is 30.5 Å². The van der Waals surface area contributed by atoms with Crippen LogP contribution in [-0.4, -0.2) is 62.8 Å². The number of rotatable bonds is 4. The molecule has 23 heavy (non-hydrogen) atoms. The van der Waals surface area contributed by atoms with Crippen molar-refractivity contribution in [3.05, 3.63) is 23.3 Å². The molecule has 7 nitrogen and oxygen atoms in total. The lowest BCUT2D eigenvalue weighted by molar-refractivity contribution is -0.277. The molecule has 7 heteroatoms. The van der Waals surface area contributed by atoms with Gasteiger partial charge in [0.1, 0.15) is 35.9 Å². The first kappa shape index (κ1) is 18.0. The fourth-order valence-electron chi connectivity index (χ4n) is 2.57. The number of ether oxygens (including phenoxy) is 2. The Bertz CT molecular complexity index is 543. The Morgan fingerprint density at radius 1 is 1.13 bits per heavy atom. The average molecular weight is 328 g/mol. The number of aliphatic hydroxyl groups is 4. The van der Waals surface area contributed by atoms with Crippen LogP contribution in [0.3, 0.4) is 0 Å². The number of benzene rings is 1. The smallest absolute Gasteiger partial charge is 0.229 e. The Hall–Kier alpha value is -1.38. The van der Waals surface area contributed by atoms with Gasteiger partial charge in [0.05, 0.1) is 6.61 Å². The average Bonchev–Trinajstić information content (AvgIpc) is 2.49. The zero-order chi connectivity index (χ0) is 17.3. The summed E-state index contributed by atoms with van der Waals surface area (Å²) in [6, 6.07) is 3.20. The van der Waals surface area contributed by atoms with E-state index in [-0.39, 0.29) is 11.7 Å².